The predicted molar refractivity (Wildman–Crippen MR) is 101 cm³/mol. The van der Waals surface area contributed by atoms with Crippen molar-refractivity contribution in [3.05, 3.63) is 78.5 Å². The molecule has 2 aromatic heterocycles. The van der Waals surface area contributed by atoms with E-state index < -0.39 is 15.9 Å². The minimum atomic E-state index is -3.95. The molecule has 3 aromatic rings. The zero-order chi connectivity index (χ0) is 19.3. The van der Waals surface area contributed by atoms with Crippen molar-refractivity contribution in [2.24, 2.45) is 0 Å². The molecule has 1 aromatic carbocycles. The lowest BCUT2D eigenvalue weighted by molar-refractivity contribution is -0.119. The smallest absolute Gasteiger partial charge is 0.266 e. The van der Waals surface area contributed by atoms with Gasteiger partial charge in [-0.3, -0.25) is 14.1 Å². The third-order valence-corrected chi connectivity index (χ3v) is 5.63. The fraction of sp³-hybridized carbons (Fsp3) is 0.158. The second-order valence-electron chi connectivity index (χ2n) is 5.89. The molecule has 3 rings (SSSR count). The lowest BCUT2D eigenvalue weighted by Crippen LogP contribution is -2.40. The number of furan rings is 1. The zero-order valence-electron chi connectivity index (χ0n) is 14.7. The molecular weight excluding hydrogens is 366 g/mol. The van der Waals surface area contributed by atoms with Crippen molar-refractivity contribution in [1.29, 1.82) is 0 Å². The van der Waals surface area contributed by atoms with Gasteiger partial charge in [0.15, 0.2) is 0 Å². The number of hydrogen-bond donors (Lipinski definition) is 1. The first-order valence-corrected chi connectivity index (χ1v) is 9.69. The summed E-state index contributed by atoms with van der Waals surface area (Å²) in [7, 11) is -3.95. The fourth-order valence-electron chi connectivity index (χ4n) is 2.44. The van der Waals surface area contributed by atoms with Crippen LogP contribution in [0.15, 0.2) is 76.5 Å². The van der Waals surface area contributed by atoms with Gasteiger partial charge in [-0.2, -0.15) is 0 Å². The molecule has 0 atom stereocenters. The Morgan fingerprint density at radius 2 is 1.93 bits per heavy atom. The van der Waals surface area contributed by atoms with E-state index in [1.54, 1.807) is 36.4 Å². The Hall–Kier alpha value is -3.13. The Morgan fingerprint density at radius 3 is 2.56 bits per heavy atom. The van der Waals surface area contributed by atoms with E-state index in [0.717, 1.165) is 9.87 Å². The van der Waals surface area contributed by atoms with Crippen molar-refractivity contribution in [3.63, 3.8) is 0 Å². The molecule has 0 spiro atoms. The zero-order valence-corrected chi connectivity index (χ0v) is 15.5. The van der Waals surface area contributed by atoms with Crippen LogP contribution in [0.3, 0.4) is 0 Å². The van der Waals surface area contributed by atoms with Crippen molar-refractivity contribution in [1.82, 2.24) is 10.3 Å². The highest BCUT2D eigenvalue weighted by molar-refractivity contribution is 7.92. The average molecular weight is 385 g/mol. The van der Waals surface area contributed by atoms with E-state index in [0.29, 0.717) is 11.4 Å². The maximum absolute atomic E-state index is 13.1. The Balaban J connectivity index is 1.86. The lowest BCUT2D eigenvalue weighted by Gasteiger charge is -2.24. The number of carbonyl (C=O) groups is 1. The standard InChI is InChI=1S/C19H19N3O4S/c1-15-6-8-16(9-7-15)22(27(24,25)18-5-2-10-20-13-18)14-19(23)21-12-17-4-3-11-26-17/h2-11,13H,12,14H2,1H3,(H,21,23). The predicted octanol–water partition coefficient (Wildman–Crippen LogP) is 2.49. The van der Waals surface area contributed by atoms with Crippen LogP contribution in [0.25, 0.3) is 0 Å². The van der Waals surface area contributed by atoms with E-state index in [1.807, 2.05) is 6.92 Å². The normalized spacial score (nSPS) is 11.1. The van der Waals surface area contributed by atoms with Crippen LogP contribution in [0.5, 0.6) is 0 Å². The number of anilines is 1. The van der Waals surface area contributed by atoms with Crippen LogP contribution in [0, 0.1) is 6.92 Å². The van der Waals surface area contributed by atoms with Gasteiger partial charge in [0.25, 0.3) is 10.0 Å². The number of aryl methyl sites for hydroxylation is 1. The topological polar surface area (TPSA) is 92.5 Å². The van der Waals surface area contributed by atoms with Crippen LogP contribution in [0.2, 0.25) is 0 Å². The van der Waals surface area contributed by atoms with E-state index in [1.165, 1.54) is 30.8 Å². The largest absolute Gasteiger partial charge is 0.467 e. The number of amides is 1. The Morgan fingerprint density at radius 1 is 1.15 bits per heavy atom. The number of aromatic nitrogens is 1. The van der Waals surface area contributed by atoms with Crippen molar-refractivity contribution in [3.8, 4) is 0 Å². The van der Waals surface area contributed by atoms with Crippen LogP contribution >= 0.6 is 0 Å². The second-order valence-corrected chi connectivity index (χ2v) is 7.75. The first kappa shape index (κ1) is 18.7. The molecule has 0 fully saturated rings. The summed E-state index contributed by atoms with van der Waals surface area (Å²) in [5.74, 6) is 0.139. The monoisotopic (exact) mass is 385 g/mol. The molecule has 2 heterocycles. The molecule has 0 bridgehead atoms. The lowest BCUT2D eigenvalue weighted by atomic mass is 10.2. The summed E-state index contributed by atoms with van der Waals surface area (Å²) in [6.45, 7) is 1.72. The summed E-state index contributed by atoms with van der Waals surface area (Å²) in [6, 6.07) is 13.4. The number of sulfonamides is 1. The second kappa shape index (κ2) is 8.05. The highest BCUT2D eigenvalue weighted by atomic mass is 32.2. The maximum atomic E-state index is 13.1. The number of pyridine rings is 1. The molecule has 0 aliphatic rings. The van der Waals surface area contributed by atoms with Crippen molar-refractivity contribution in [2.75, 3.05) is 10.8 Å². The minimum Gasteiger partial charge on any atom is -0.467 e. The van der Waals surface area contributed by atoms with Crippen LogP contribution < -0.4 is 9.62 Å². The van der Waals surface area contributed by atoms with Gasteiger partial charge < -0.3 is 9.73 Å². The number of hydrogen-bond acceptors (Lipinski definition) is 5. The Kier molecular flexibility index (Phi) is 5.56. The van der Waals surface area contributed by atoms with E-state index in [4.69, 9.17) is 4.42 Å². The number of nitrogens with one attached hydrogen (secondary N) is 1. The van der Waals surface area contributed by atoms with Crippen molar-refractivity contribution < 1.29 is 17.6 Å². The molecule has 0 aliphatic carbocycles. The SMILES string of the molecule is Cc1ccc(N(CC(=O)NCc2ccco2)S(=O)(=O)c2cccnc2)cc1. The summed E-state index contributed by atoms with van der Waals surface area (Å²) in [5.41, 5.74) is 1.39. The highest BCUT2D eigenvalue weighted by Crippen LogP contribution is 2.23. The fourth-order valence-corrected chi connectivity index (χ4v) is 3.82. The highest BCUT2D eigenvalue weighted by Gasteiger charge is 2.27. The number of nitrogens with zero attached hydrogens (tertiary/aromatic N) is 2. The van der Waals surface area contributed by atoms with Gasteiger partial charge in [0, 0.05) is 12.4 Å². The molecule has 1 N–H and O–H groups in total. The first-order valence-electron chi connectivity index (χ1n) is 8.25. The van der Waals surface area contributed by atoms with E-state index >= 15 is 0 Å². The van der Waals surface area contributed by atoms with Gasteiger partial charge in [-0.25, -0.2) is 8.42 Å². The molecule has 0 aliphatic heterocycles. The van der Waals surface area contributed by atoms with Gasteiger partial charge in [0.1, 0.15) is 17.2 Å². The van der Waals surface area contributed by atoms with Gasteiger partial charge in [0.2, 0.25) is 5.91 Å². The van der Waals surface area contributed by atoms with Gasteiger partial charge >= 0.3 is 0 Å². The van der Waals surface area contributed by atoms with E-state index in [2.05, 4.69) is 10.3 Å². The summed E-state index contributed by atoms with van der Waals surface area (Å²) in [5, 5.41) is 2.67. The van der Waals surface area contributed by atoms with Crippen LogP contribution in [0.4, 0.5) is 5.69 Å². The van der Waals surface area contributed by atoms with Gasteiger partial charge in [-0.05, 0) is 43.3 Å². The molecule has 0 saturated carbocycles. The Labute approximate surface area is 157 Å². The van der Waals surface area contributed by atoms with Crippen molar-refractivity contribution >= 4 is 21.6 Å². The summed E-state index contributed by atoms with van der Waals surface area (Å²) in [4.78, 5) is 16.3. The molecule has 0 unspecified atom stereocenters. The van der Waals surface area contributed by atoms with E-state index in [9.17, 15) is 13.2 Å². The molecule has 140 valence electrons. The molecule has 8 heteroatoms. The third kappa shape index (κ3) is 4.53. The molecule has 27 heavy (non-hydrogen) atoms. The molecule has 0 radical (unpaired) electrons. The molecular formula is C19H19N3O4S. The quantitative estimate of drug-likeness (QED) is 0.675. The summed E-state index contributed by atoms with van der Waals surface area (Å²) in [6.07, 6.45) is 4.26. The van der Waals surface area contributed by atoms with Gasteiger partial charge in [-0.15, -0.1) is 0 Å². The third-order valence-electron chi connectivity index (χ3n) is 3.87. The number of carbonyl (C=O) groups excluding carboxylic acids is 1. The maximum Gasteiger partial charge on any atom is 0.266 e. The number of benzene rings is 1. The summed E-state index contributed by atoms with van der Waals surface area (Å²) < 4.78 is 32.4. The van der Waals surface area contributed by atoms with Crippen LogP contribution in [-0.4, -0.2) is 25.9 Å². The molecule has 0 saturated heterocycles. The molecule has 7 nitrogen and oxygen atoms in total. The first-order chi connectivity index (χ1) is 13.0. The number of rotatable bonds is 7. The van der Waals surface area contributed by atoms with Crippen molar-refractivity contribution in [2.45, 2.75) is 18.4 Å². The molecule has 1 amide bonds. The summed E-state index contributed by atoms with van der Waals surface area (Å²) >= 11 is 0. The van der Waals surface area contributed by atoms with Crippen LogP contribution in [0.1, 0.15) is 11.3 Å². The Bertz CT molecular complexity index is 985. The van der Waals surface area contributed by atoms with Gasteiger partial charge in [0.05, 0.1) is 18.5 Å². The van der Waals surface area contributed by atoms with E-state index in [-0.39, 0.29) is 18.0 Å². The van der Waals surface area contributed by atoms with Crippen LogP contribution in [-0.2, 0) is 21.4 Å². The minimum absolute atomic E-state index is 0.0180. The average Bonchev–Trinajstić information content (AvgIpc) is 3.19. The van der Waals surface area contributed by atoms with Gasteiger partial charge in [-0.1, -0.05) is 17.7 Å².